The average Bonchev–Trinajstić information content (AvgIpc) is 3.11. The van der Waals surface area contributed by atoms with Gasteiger partial charge in [0.15, 0.2) is 0 Å². The Hall–Kier alpha value is -1.70. The number of morpholine rings is 1. The SMILES string of the molecule is Cc1cnn(C[C@H]2CN(C[C@@H](O)Cn3cccn3)CCO2)c1. The van der Waals surface area contributed by atoms with E-state index in [4.69, 9.17) is 4.74 Å². The third-order valence-corrected chi connectivity index (χ3v) is 3.80. The zero-order valence-electron chi connectivity index (χ0n) is 12.9. The number of hydrogen-bond acceptors (Lipinski definition) is 5. The zero-order valence-corrected chi connectivity index (χ0v) is 12.9. The summed E-state index contributed by atoms with van der Waals surface area (Å²) in [5, 5.41) is 18.6. The van der Waals surface area contributed by atoms with Crippen molar-refractivity contribution in [3.8, 4) is 0 Å². The molecule has 0 aromatic carbocycles. The second-order valence-electron chi connectivity index (χ2n) is 5.87. The maximum atomic E-state index is 10.2. The Morgan fingerprint density at radius 2 is 2.27 bits per heavy atom. The molecule has 1 aliphatic rings. The van der Waals surface area contributed by atoms with Gasteiger partial charge in [0.1, 0.15) is 0 Å². The summed E-state index contributed by atoms with van der Waals surface area (Å²) in [6.07, 6.45) is 7.16. The van der Waals surface area contributed by atoms with Crippen molar-refractivity contribution in [1.82, 2.24) is 24.5 Å². The molecule has 7 heteroatoms. The van der Waals surface area contributed by atoms with Gasteiger partial charge in [-0.3, -0.25) is 14.3 Å². The first-order chi connectivity index (χ1) is 10.7. The van der Waals surface area contributed by atoms with Crippen molar-refractivity contribution < 1.29 is 9.84 Å². The lowest BCUT2D eigenvalue weighted by Crippen LogP contribution is -2.47. The molecule has 7 nitrogen and oxygen atoms in total. The summed E-state index contributed by atoms with van der Waals surface area (Å²) in [5.41, 5.74) is 1.15. The summed E-state index contributed by atoms with van der Waals surface area (Å²) in [7, 11) is 0. The highest BCUT2D eigenvalue weighted by atomic mass is 16.5. The number of ether oxygens (including phenoxy) is 1. The fourth-order valence-corrected chi connectivity index (χ4v) is 2.81. The maximum absolute atomic E-state index is 10.2. The van der Waals surface area contributed by atoms with Gasteiger partial charge in [0, 0.05) is 38.2 Å². The summed E-state index contributed by atoms with van der Waals surface area (Å²) in [6, 6.07) is 1.86. The number of aromatic nitrogens is 4. The first-order valence-electron chi connectivity index (χ1n) is 7.67. The van der Waals surface area contributed by atoms with E-state index in [9.17, 15) is 5.11 Å². The van der Waals surface area contributed by atoms with E-state index in [1.54, 1.807) is 10.9 Å². The third-order valence-electron chi connectivity index (χ3n) is 3.80. The fraction of sp³-hybridized carbons (Fsp3) is 0.600. The molecular weight excluding hydrogens is 282 g/mol. The van der Waals surface area contributed by atoms with Crippen LogP contribution in [-0.4, -0.2) is 68.0 Å². The van der Waals surface area contributed by atoms with Gasteiger partial charge in [0.2, 0.25) is 0 Å². The maximum Gasteiger partial charge on any atom is 0.0898 e. The van der Waals surface area contributed by atoms with Gasteiger partial charge in [-0.25, -0.2) is 0 Å². The molecule has 3 heterocycles. The highest BCUT2D eigenvalue weighted by molar-refractivity contribution is 4.99. The number of aliphatic hydroxyl groups excluding tert-OH is 1. The molecule has 120 valence electrons. The molecular formula is C15H23N5O2. The Balaban J connectivity index is 1.47. The lowest BCUT2D eigenvalue weighted by molar-refractivity contribution is -0.0497. The van der Waals surface area contributed by atoms with Crippen molar-refractivity contribution in [2.24, 2.45) is 0 Å². The van der Waals surface area contributed by atoms with Crippen molar-refractivity contribution in [3.05, 3.63) is 36.4 Å². The lowest BCUT2D eigenvalue weighted by atomic mass is 10.2. The van der Waals surface area contributed by atoms with Crippen LogP contribution in [0.4, 0.5) is 0 Å². The molecule has 2 aromatic heterocycles. The summed E-state index contributed by atoms with van der Waals surface area (Å²) < 4.78 is 9.49. The number of hydrogen-bond donors (Lipinski definition) is 1. The van der Waals surface area contributed by atoms with E-state index in [1.165, 1.54) is 0 Å². The first-order valence-corrected chi connectivity index (χ1v) is 7.67. The monoisotopic (exact) mass is 305 g/mol. The molecule has 0 saturated carbocycles. The molecule has 22 heavy (non-hydrogen) atoms. The topological polar surface area (TPSA) is 68.3 Å². The normalized spacial score (nSPS) is 21.1. The second-order valence-corrected chi connectivity index (χ2v) is 5.87. The van der Waals surface area contributed by atoms with Crippen LogP contribution >= 0.6 is 0 Å². The van der Waals surface area contributed by atoms with E-state index in [2.05, 4.69) is 15.1 Å². The van der Waals surface area contributed by atoms with E-state index in [-0.39, 0.29) is 6.10 Å². The molecule has 0 aliphatic carbocycles. The van der Waals surface area contributed by atoms with Crippen LogP contribution in [0.15, 0.2) is 30.9 Å². The van der Waals surface area contributed by atoms with E-state index >= 15 is 0 Å². The summed E-state index contributed by atoms with van der Waals surface area (Å²) in [5.74, 6) is 0. The average molecular weight is 305 g/mol. The van der Waals surface area contributed by atoms with Gasteiger partial charge in [0.25, 0.3) is 0 Å². The zero-order chi connectivity index (χ0) is 15.4. The van der Waals surface area contributed by atoms with Crippen molar-refractivity contribution in [1.29, 1.82) is 0 Å². The van der Waals surface area contributed by atoms with Crippen molar-refractivity contribution >= 4 is 0 Å². The van der Waals surface area contributed by atoms with Gasteiger partial charge < -0.3 is 9.84 Å². The quantitative estimate of drug-likeness (QED) is 0.823. The molecule has 1 N–H and O–H groups in total. The standard InChI is InChI=1S/C15H23N5O2/c1-13-7-17-20(8-13)12-15-11-18(5-6-22-15)9-14(21)10-19-4-2-3-16-19/h2-4,7-8,14-15,21H,5-6,9-12H2,1H3/t14-,15-/m1/s1. The fourth-order valence-electron chi connectivity index (χ4n) is 2.81. The van der Waals surface area contributed by atoms with Crippen LogP contribution < -0.4 is 0 Å². The molecule has 0 spiro atoms. The summed E-state index contributed by atoms with van der Waals surface area (Å²) in [6.45, 7) is 6.30. The Morgan fingerprint density at radius 3 is 3.00 bits per heavy atom. The van der Waals surface area contributed by atoms with Crippen LogP contribution in [-0.2, 0) is 17.8 Å². The van der Waals surface area contributed by atoms with Gasteiger partial charge in [-0.1, -0.05) is 0 Å². The number of aliphatic hydroxyl groups is 1. The van der Waals surface area contributed by atoms with Crippen LogP contribution in [0.1, 0.15) is 5.56 Å². The van der Waals surface area contributed by atoms with Gasteiger partial charge in [0.05, 0.1) is 38.1 Å². The predicted molar refractivity (Wildman–Crippen MR) is 81.4 cm³/mol. The van der Waals surface area contributed by atoms with E-state index in [0.29, 0.717) is 19.7 Å². The van der Waals surface area contributed by atoms with Gasteiger partial charge in [-0.15, -0.1) is 0 Å². The van der Waals surface area contributed by atoms with E-state index < -0.39 is 6.10 Å². The van der Waals surface area contributed by atoms with Crippen molar-refractivity contribution in [3.63, 3.8) is 0 Å². The number of nitrogens with zero attached hydrogens (tertiary/aromatic N) is 5. The van der Waals surface area contributed by atoms with Crippen LogP contribution in [0.3, 0.4) is 0 Å². The molecule has 2 aromatic rings. The van der Waals surface area contributed by atoms with Crippen molar-refractivity contribution in [2.45, 2.75) is 32.2 Å². The largest absolute Gasteiger partial charge is 0.390 e. The Kier molecular flexibility index (Phi) is 4.87. The summed E-state index contributed by atoms with van der Waals surface area (Å²) >= 11 is 0. The van der Waals surface area contributed by atoms with E-state index in [0.717, 1.165) is 25.2 Å². The predicted octanol–water partition coefficient (Wildman–Crippen LogP) is 0.150. The molecule has 1 saturated heterocycles. The second kappa shape index (κ2) is 7.04. The van der Waals surface area contributed by atoms with Crippen molar-refractivity contribution in [2.75, 3.05) is 26.2 Å². The molecule has 0 bridgehead atoms. The number of β-amino-alcohol motifs (C(OH)–C–C–N with tert-alkyl or cyclic N) is 1. The van der Waals surface area contributed by atoms with Gasteiger partial charge >= 0.3 is 0 Å². The van der Waals surface area contributed by atoms with Crippen LogP contribution in [0, 0.1) is 6.92 Å². The highest BCUT2D eigenvalue weighted by Gasteiger charge is 2.23. The van der Waals surface area contributed by atoms with Crippen LogP contribution in [0.2, 0.25) is 0 Å². The van der Waals surface area contributed by atoms with E-state index in [1.807, 2.05) is 36.3 Å². The smallest absolute Gasteiger partial charge is 0.0898 e. The molecule has 0 radical (unpaired) electrons. The molecule has 1 aliphatic heterocycles. The third kappa shape index (κ3) is 4.16. The number of rotatable bonds is 6. The molecule has 1 fully saturated rings. The molecule has 3 rings (SSSR count). The van der Waals surface area contributed by atoms with Gasteiger partial charge in [-0.2, -0.15) is 10.2 Å². The van der Waals surface area contributed by atoms with Crippen LogP contribution in [0.5, 0.6) is 0 Å². The Morgan fingerprint density at radius 1 is 1.36 bits per heavy atom. The number of aryl methyl sites for hydroxylation is 1. The Bertz CT molecular complexity index is 568. The minimum atomic E-state index is -0.425. The minimum absolute atomic E-state index is 0.116. The minimum Gasteiger partial charge on any atom is -0.390 e. The Labute approximate surface area is 130 Å². The molecule has 0 unspecified atom stereocenters. The molecule has 2 atom stereocenters. The van der Waals surface area contributed by atoms with Crippen LogP contribution in [0.25, 0.3) is 0 Å². The van der Waals surface area contributed by atoms with Gasteiger partial charge in [-0.05, 0) is 18.6 Å². The summed E-state index contributed by atoms with van der Waals surface area (Å²) in [4.78, 5) is 2.25. The highest BCUT2D eigenvalue weighted by Crippen LogP contribution is 2.09. The first kappa shape index (κ1) is 15.2. The lowest BCUT2D eigenvalue weighted by Gasteiger charge is -2.34. The molecule has 0 amide bonds.